The molecule has 1 atom stereocenters. The van der Waals surface area contributed by atoms with E-state index >= 15 is 0 Å². The molecule has 0 bridgehead atoms. The van der Waals surface area contributed by atoms with Gasteiger partial charge < -0.3 is 4.57 Å². The molecule has 0 saturated carbocycles. The van der Waals surface area contributed by atoms with Gasteiger partial charge in [-0.25, -0.2) is 4.98 Å². The zero-order valence-electron chi connectivity index (χ0n) is 6.48. The second-order valence-electron chi connectivity index (χ2n) is 2.98. The molecular formula is C7H6BrF3N2. The van der Waals surface area contributed by atoms with Gasteiger partial charge in [-0.1, -0.05) is 0 Å². The van der Waals surface area contributed by atoms with Crippen LogP contribution in [0.5, 0.6) is 0 Å². The normalized spacial score (nSPS) is 22.0. The van der Waals surface area contributed by atoms with Crippen molar-refractivity contribution < 1.29 is 13.2 Å². The minimum atomic E-state index is -4.16. The number of aromatic nitrogens is 2. The molecule has 1 aliphatic heterocycles. The summed E-state index contributed by atoms with van der Waals surface area (Å²) in [7, 11) is 0. The largest absolute Gasteiger partial charge is 0.409 e. The highest BCUT2D eigenvalue weighted by atomic mass is 79.9. The van der Waals surface area contributed by atoms with Crippen LogP contribution in [0.1, 0.15) is 18.3 Å². The van der Waals surface area contributed by atoms with Crippen LogP contribution >= 0.6 is 15.9 Å². The molecule has 0 radical (unpaired) electrons. The Labute approximate surface area is 80.9 Å². The molecule has 1 aromatic rings. The first-order chi connectivity index (χ1) is 5.98. The Morgan fingerprint density at radius 1 is 1.54 bits per heavy atom. The van der Waals surface area contributed by atoms with Crippen LogP contribution < -0.4 is 0 Å². The number of aryl methyl sites for hydroxylation is 1. The molecule has 6 heteroatoms. The molecule has 0 fully saturated rings. The zero-order chi connectivity index (χ0) is 9.64. The topological polar surface area (TPSA) is 17.8 Å². The Bertz CT molecular complexity index is 331. The number of imidazole rings is 1. The van der Waals surface area contributed by atoms with Crippen molar-refractivity contribution in [1.29, 1.82) is 0 Å². The van der Waals surface area contributed by atoms with E-state index in [4.69, 9.17) is 0 Å². The summed E-state index contributed by atoms with van der Waals surface area (Å²) in [5, 5.41) is 0. The van der Waals surface area contributed by atoms with Crippen molar-refractivity contribution in [3.8, 4) is 0 Å². The first kappa shape index (κ1) is 9.05. The van der Waals surface area contributed by atoms with Crippen LogP contribution in [0.15, 0.2) is 10.8 Å². The first-order valence-electron chi connectivity index (χ1n) is 3.78. The van der Waals surface area contributed by atoms with Gasteiger partial charge in [-0.2, -0.15) is 13.2 Å². The van der Waals surface area contributed by atoms with E-state index in [1.807, 2.05) is 0 Å². The second-order valence-corrected chi connectivity index (χ2v) is 3.80. The molecule has 0 N–H and O–H groups in total. The number of halogens is 4. The maximum Gasteiger partial charge on any atom is 0.409 e. The Kier molecular flexibility index (Phi) is 1.90. The van der Waals surface area contributed by atoms with Crippen LogP contribution in [0, 0.1) is 0 Å². The van der Waals surface area contributed by atoms with E-state index in [9.17, 15) is 13.2 Å². The van der Waals surface area contributed by atoms with Crippen LogP contribution in [0.3, 0.4) is 0 Å². The molecule has 2 rings (SSSR count). The summed E-state index contributed by atoms with van der Waals surface area (Å²) in [5.74, 6) is 0.509. The number of nitrogens with zero attached hydrogens (tertiary/aromatic N) is 2. The van der Waals surface area contributed by atoms with Gasteiger partial charge in [0, 0.05) is 12.6 Å². The van der Waals surface area contributed by atoms with E-state index in [0.29, 0.717) is 16.8 Å². The van der Waals surface area contributed by atoms with Crippen molar-refractivity contribution in [3.05, 3.63) is 16.6 Å². The number of alkyl halides is 3. The summed E-state index contributed by atoms with van der Waals surface area (Å²) in [5.41, 5.74) is 0. The van der Waals surface area contributed by atoms with Gasteiger partial charge in [0.25, 0.3) is 0 Å². The molecule has 1 unspecified atom stereocenters. The van der Waals surface area contributed by atoms with Crippen molar-refractivity contribution >= 4 is 15.9 Å². The quantitative estimate of drug-likeness (QED) is 0.696. The third-order valence-corrected chi connectivity index (χ3v) is 2.52. The zero-order valence-corrected chi connectivity index (χ0v) is 8.06. The Balaban J connectivity index is 2.37. The van der Waals surface area contributed by atoms with E-state index in [2.05, 4.69) is 20.9 Å². The third-order valence-electron chi connectivity index (χ3n) is 2.13. The molecule has 13 heavy (non-hydrogen) atoms. The monoisotopic (exact) mass is 254 g/mol. The lowest BCUT2D eigenvalue weighted by Gasteiger charge is -2.16. The predicted molar refractivity (Wildman–Crippen MR) is 43.3 cm³/mol. The third kappa shape index (κ3) is 1.47. The second kappa shape index (κ2) is 2.73. The van der Waals surface area contributed by atoms with Gasteiger partial charge >= 0.3 is 6.18 Å². The first-order valence-corrected chi connectivity index (χ1v) is 4.58. The smallest absolute Gasteiger partial charge is 0.322 e. The summed E-state index contributed by atoms with van der Waals surface area (Å²) < 4.78 is 38.8. The lowest BCUT2D eigenvalue weighted by atomic mass is 10.2. The van der Waals surface area contributed by atoms with E-state index in [0.717, 1.165) is 0 Å². The molecule has 0 aromatic carbocycles. The number of rotatable bonds is 0. The molecule has 2 nitrogen and oxygen atoms in total. The summed E-state index contributed by atoms with van der Waals surface area (Å²) in [6, 6.07) is -1.39. The van der Waals surface area contributed by atoms with Crippen LogP contribution in [0.25, 0.3) is 0 Å². The Hall–Kier alpha value is -0.520. The highest BCUT2D eigenvalue weighted by Gasteiger charge is 2.44. The van der Waals surface area contributed by atoms with Crippen molar-refractivity contribution in [2.75, 3.05) is 0 Å². The van der Waals surface area contributed by atoms with Gasteiger partial charge in [0.05, 0.1) is 0 Å². The molecule has 72 valence electrons. The van der Waals surface area contributed by atoms with Gasteiger partial charge in [-0.3, -0.25) is 0 Å². The average Bonchev–Trinajstić information content (AvgIpc) is 2.41. The van der Waals surface area contributed by atoms with E-state index < -0.39 is 12.2 Å². The van der Waals surface area contributed by atoms with Crippen LogP contribution in [0.4, 0.5) is 13.2 Å². The molecule has 2 heterocycles. The predicted octanol–water partition coefficient (Wildman–Crippen LogP) is 2.70. The summed E-state index contributed by atoms with van der Waals surface area (Å²) in [6.45, 7) is 0. The van der Waals surface area contributed by atoms with Gasteiger partial charge in [0.15, 0.2) is 0 Å². The van der Waals surface area contributed by atoms with Crippen LogP contribution in [0.2, 0.25) is 0 Å². The van der Waals surface area contributed by atoms with Gasteiger partial charge in [-0.05, 0) is 22.4 Å². The average molecular weight is 255 g/mol. The van der Waals surface area contributed by atoms with Gasteiger partial charge in [-0.15, -0.1) is 0 Å². The van der Waals surface area contributed by atoms with Crippen molar-refractivity contribution in [1.82, 2.24) is 9.55 Å². The highest BCUT2D eigenvalue weighted by Crippen LogP contribution is 2.39. The Morgan fingerprint density at radius 3 is 2.85 bits per heavy atom. The lowest BCUT2D eigenvalue weighted by Crippen LogP contribution is -2.22. The minimum Gasteiger partial charge on any atom is -0.322 e. The molecule has 1 aliphatic rings. The SMILES string of the molecule is FC(F)(F)C1CCc2nc(Br)cn21. The maximum absolute atomic E-state index is 12.4. The highest BCUT2D eigenvalue weighted by molar-refractivity contribution is 9.10. The standard InChI is InChI=1S/C7H6BrF3N2/c8-5-3-13-4(7(9,10)11)1-2-6(13)12-5/h3-4H,1-2H2. The van der Waals surface area contributed by atoms with Crippen LogP contribution in [-0.4, -0.2) is 15.7 Å². The maximum atomic E-state index is 12.4. The fourth-order valence-electron chi connectivity index (χ4n) is 1.58. The fraction of sp³-hybridized carbons (Fsp3) is 0.571. The molecule has 0 spiro atoms. The Morgan fingerprint density at radius 2 is 2.23 bits per heavy atom. The molecule has 0 saturated heterocycles. The van der Waals surface area contributed by atoms with Crippen LogP contribution in [-0.2, 0) is 6.42 Å². The fourth-order valence-corrected chi connectivity index (χ4v) is 2.01. The number of fused-ring (bicyclic) bond motifs is 1. The molecular weight excluding hydrogens is 249 g/mol. The van der Waals surface area contributed by atoms with Crippen molar-refractivity contribution in [2.24, 2.45) is 0 Å². The molecule has 1 aromatic heterocycles. The van der Waals surface area contributed by atoms with E-state index in [1.165, 1.54) is 10.8 Å². The van der Waals surface area contributed by atoms with E-state index in [1.54, 1.807) is 0 Å². The summed E-state index contributed by atoms with van der Waals surface area (Å²) in [4.78, 5) is 3.93. The summed E-state index contributed by atoms with van der Waals surface area (Å²) >= 11 is 3.05. The van der Waals surface area contributed by atoms with Crippen molar-refractivity contribution in [2.45, 2.75) is 25.1 Å². The lowest BCUT2D eigenvalue weighted by molar-refractivity contribution is -0.165. The van der Waals surface area contributed by atoms with E-state index in [-0.39, 0.29) is 6.42 Å². The van der Waals surface area contributed by atoms with Gasteiger partial charge in [0.1, 0.15) is 16.5 Å². The molecule has 0 amide bonds. The van der Waals surface area contributed by atoms with Gasteiger partial charge in [0.2, 0.25) is 0 Å². The minimum absolute atomic E-state index is 0.110. The number of hydrogen-bond acceptors (Lipinski definition) is 1. The summed E-state index contributed by atoms with van der Waals surface area (Å²) in [6.07, 6.45) is -2.26. The molecule has 0 aliphatic carbocycles. The van der Waals surface area contributed by atoms with Crippen molar-refractivity contribution in [3.63, 3.8) is 0 Å². The number of hydrogen-bond donors (Lipinski definition) is 0.